The predicted molar refractivity (Wildman–Crippen MR) is 114 cm³/mol. The van der Waals surface area contributed by atoms with E-state index in [9.17, 15) is 24.4 Å². The lowest BCUT2D eigenvalue weighted by Crippen LogP contribution is -2.71. The lowest BCUT2D eigenvalue weighted by molar-refractivity contribution is -0.156. The Morgan fingerprint density at radius 1 is 1.47 bits per heavy atom. The van der Waals surface area contributed by atoms with Crippen LogP contribution in [0.2, 0.25) is 0 Å². The molecule has 1 saturated heterocycles. The Kier molecular flexibility index (Phi) is 6.38. The molecule has 168 valence electrons. The van der Waals surface area contributed by atoms with Crippen LogP contribution < -0.4 is 11.1 Å². The number of nitrogen functional groups attached to an aromatic ring is 1. The van der Waals surface area contributed by atoms with Gasteiger partial charge in [-0.25, -0.2) is 9.78 Å². The predicted octanol–water partition coefficient (Wildman–Crippen LogP) is 0.315. The van der Waals surface area contributed by atoms with Gasteiger partial charge in [-0.3, -0.25) is 14.5 Å². The van der Waals surface area contributed by atoms with Gasteiger partial charge in [-0.1, -0.05) is 11.8 Å². The SMILES string of the molecule is Nc1nc(C(N=O)C(=O)N[C@@H]2C(=O)N3C(C(=O)O)=C(SCSc4nn[nH]n4)CC[C@@H]23)cs1. The number of nitrogens with zero attached hydrogens (tertiary/aromatic N) is 6. The number of H-pyrrole nitrogens is 1. The van der Waals surface area contributed by atoms with E-state index in [1.165, 1.54) is 33.8 Å². The van der Waals surface area contributed by atoms with Gasteiger partial charge in [-0.05, 0) is 23.2 Å². The molecule has 32 heavy (non-hydrogen) atoms. The first kappa shape index (κ1) is 22.2. The molecule has 4 rings (SSSR count). The number of allylic oxidation sites excluding steroid dienone is 1. The summed E-state index contributed by atoms with van der Waals surface area (Å²) in [6.07, 6.45) is 0.864. The number of hydrogen-bond donors (Lipinski definition) is 4. The van der Waals surface area contributed by atoms with Crippen LogP contribution in [0.4, 0.5) is 5.13 Å². The van der Waals surface area contributed by atoms with Crippen LogP contribution in [0.5, 0.6) is 0 Å². The van der Waals surface area contributed by atoms with Gasteiger partial charge in [-0.15, -0.1) is 38.2 Å². The van der Waals surface area contributed by atoms with Gasteiger partial charge in [0.05, 0.1) is 16.8 Å². The number of carbonyl (C=O) groups excluding carboxylic acids is 2. The lowest BCUT2D eigenvalue weighted by Gasteiger charge is -2.50. The third-order valence-electron chi connectivity index (χ3n) is 4.81. The van der Waals surface area contributed by atoms with Crippen molar-refractivity contribution >= 4 is 57.8 Å². The summed E-state index contributed by atoms with van der Waals surface area (Å²) in [6.45, 7) is 0. The standard InChI is InChI=1S/C15H15N9O5S3/c16-14-17-5(3-30-14)8(21-29)11(25)18-9-6-1-2-7(10(13(27)28)24(6)12(9)26)31-4-32-15-19-22-23-20-15/h3,6,8-9H,1-2,4H2,(H2,16,17)(H,18,25)(H,27,28)(H,19,20,22,23)/t6-,8?,9-/m0/s1. The molecule has 1 fully saturated rings. The second-order valence-electron chi connectivity index (χ2n) is 6.60. The highest BCUT2D eigenvalue weighted by Gasteiger charge is 2.54. The molecule has 0 bridgehead atoms. The molecule has 3 atom stereocenters. The summed E-state index contributed by atoms with van der Waals surface area (Å²) < 4.78 is 0. The number of carboxylic acids is 1. The fourth-order valence-corrected chi connectivity index (χ4v) is 6.03. The van der Waals surface area contributed by atoms with Gasteiger partial charge in [0.25, 0.3) is 11.8 Å². The van der Waals surface area contributed by atoms with Gasteiger partial charge in [-0.2, -0.15) is 5.21 Å². The molecule has 2 amide bonds. The quantitative estimate of drug-likeness (QED) is 0.160. The number of amides is 2. The van der Waals surface area contributed by atoms with E-state index < -0.39 is 35.9 Å². The van der Waals surface area contributed by atoms with Crippen LogP contribution >= 0.6 is 34.9 Å². The largest absolute Gasteiger partial charge is 0.477 e. The van der Waals surface area contributed by atoms with Crippen molar-refractivity contribution in [2.45, 2.75) is 36.1 Å². The Morgan fingerprint density at radius 3 is 2.91 bits per heavy atom. The maximum atomic E-state index is 12.7. The number of carbonyl (C=O) groups is 3. The smallest absolute Gasteiger partial charge is 0.353 e. The summed E-state index contributed by atoms with van der Waals surface area (Å²) in [7, 11) is 0. The van der Waals surface area contributed by atoms with Crippen LogP contribution in [-0.2, 0) is 14.4 Å². The monoisotopic (exact) mass is 497 g/mol. The van der Waals surface area contributed by atoms with Crippen molar-refractivity contribution in [1.29, 1.82) is 0 Å². The molecule has 0 saturated carbocycles. The Labute approximate surface area is 191 Å². The van der Waals surface area contributed by atoms with Crippen molar-refractivity contribution in [3.63, 3.8) is 0 Å². The number of nitroso groups, excluding NO2 is 1. The molecule has 5 N–H and O–H groups in total. The average Bonchev–Trinajstić information content (AvgIpc) is 3.44. The van der Waals surface area contributed by atoms with Crippen LogP contribution in [0, 0.1) is 4.91 Å². The van der Waals surface area contributed by atoms with Crippen molar-refractivity contribution in [3.05, 3.63) is 26.6 Å². The number of tetrazole rings is 1. The maximum Gasteiger partial charge on any atom is 0.353 e. The molecule has 0 radical (unpaired) electrons. The van der Waals surface area contributed by atoms with Crippen molar-refractivity contribution < 1.29 is 19.5 Å². The molecule has 0 spiro atoms. The number of fused-ring (bicyclic) bond motifs is 1. The fourth-order valence-electron chi connectivity index (χ4n) is 3.43. The van der Waals surface area contributed by atoms with Crippen LogP contribution in [-0.4, -0.2) is 70.6 Å². The highest BCUT2D eigenvalue weighted by atomic mass is 32.2. The zero-order valence-electron chi connectivity index (χ0n) is 16.0. The Balaban J connectivity index is 1.43. The number of nitrogens with one attached hydrogen (secondary N) is 2. The van der Waals surface area contributed by atoms with E-state index in [-0.39, 0.29) is 16.5 Å². The number of carboxylic acid groups (broad SMARTS) is 1. The summed E-state index contributed by atoms with van der Waals surface area (Å²) in [5, 5.41) is 30.9. The zero-order chi connectivity index (χ0) is 22.8. The maximum absolute atomic E-state index is 12.7. The topological polar surface area (TPSA) is 210 Å². The number of aromatic amines is 1. The Morgan fingerprint density at radius 2 is 2.28 bits per heavy atom. The minimum Gasteiger partial charge on any atom is -0.477 e. The van der Waals surface area contributed by atoms with Gasteiger partial charge in [0.1, 0.15) is 11.7 Å². The molecule has 2 aliphatic rings. The Hall–Kier alpha value is -3.05. The van der Waals surface area contributed by atoms with E-state index in [1.807, 2.05) is 0 Å². The third kappa shape index (κ3) is 4.17. The molecular weight excluding hydrogens is 482 g/mol. The first-order valence-electron chi connectivity index (χ1n) is 9.03. The van der Waals surface area contributed by atoms with Crippen molar-refractivity contribution in [2.24, 2.45) is 5.18 Å². The van der Waals surface area contributed by atoms with E-state index in [0.717, 1.165) is 11.3 Å². The van der Waals surface area contributed by atoms with Gasteiger partial charge in [0.2, 0.25) is 11.2 Å². The number of aliphatic carboxylic acids is 1. The number of nitrogens with two attached hydrogens (primary N) is 1. The van der Waals surface area contributed by atoms with Crippen LogP contribution in [0.1, 0.15) is 24.6 Å². The van der Waals surface area contributed by atoms with E-state index >= 15 is 0 Å². The minimum atomic E-state index is -1.45. The number of thiazole rings is 1. The number of thioether (sulfide) groups is 2. The summed E-state index contributed by atoms with van der Waals surface area (Å²) in [6, 6.07) is -2.92. The summed E-state index contributed by atoms with van der Waals surface area (Å²) in [5.41, 5.74) is 5.52. The molecule has 2 aromatic heterocycles. The number of β-lactam (4-membered cyclic amide) rings is 1. The average molecular weight is 498 g/mol. The van der Waals surface area contributed by atoms with Gasteiger partial charge in [0.15, 0.2) is 5.13 Å². The minimum absolute atomic E-state index is 0.0937. The Bertz CT molecular complexity index is 1090. The fraction of sp³-hybridized carbons (Fsp3) is 0.400. The van der Waals surface area contributed by atoms with Gasteiger partial charge >= 0.3 is 5.97 Å². The molecular formula is C15H15N9O5S3. The van der Waals surface area contributed by atoms with Gasteiger partial charge in [0, 0.05) is 10.3 Å². The second-order valence-corrected chi connectivity index (χ2v) is 9.86. The van der Waals surface area contributed by atoms with Crippen molar-refractivity contribution in [3.8, 4) is 0 Å². The van der Waals surface area contributed by atoms with Crippen molar-refractivity contribution in [1.82, 2.24) is 35.8 Å². The van der Waals surface area contributed by atoms with E-state index in [4.69, 9.17) is 5.73 Å². The molecule has 1 unspecified atom stereocenters. The van der Waals surface area contributed by atoms with E-state index in [0.29, 0.717) is 28.0 Å². The highest BCUT2D eigenvalue weighted by molar-refractivity contribution is 8.17. The molecule has 4 heterocycles. The molecule has 14 nitrogen and oxygen atoms in total. The highest BCUT2D eigenvalue weighted by Crippen LogP contribution is 2.42. The van der Waals surface area contributed by atoms with Crippen LogP contribution in [0.25, 0.3) is 0 Å². The van der Waals surface area contributed by atoms with Crippen LogP contribution in [0.15, 0.2) is 26.3 Å². The third-order valence-corrected chi connectivity index (χ3v) is 7.63. The zero-order valence-corrected chi connectivity index (χ0v) is 18.4. The van der Waals surface area contributed by atoms with Gasteiger partial charge < -0.3 is 16.2 Å². The number of rotatable bonds is 9. The molecule has 0 aromatic carbocycles. The van der Waals surface area contributed by atoms with Crippen molar-refractivity contribution in [2.75, 3.05) is 10.8 Å². The summed E-state index contributed by atoms with van der Waals surface area (Å²) >= 11 is 3.61. The number of anilines is 1. The first-order valence-corrected chi connectivity index (χ1v) is 11.9. The number of hydrogen-bond acceptors (Lipinski definition) is 13. The molecule has 2 aliphatic heterocycles. The lowest BCUT2D eigenvalue weighted by atomic mass is 9.86. The summed E-state index contributed by atoms with van der Waals surface area (Å²) in [4.78, 5) is 54.0. The first-order chi connectivity index (χ1) is 15.4. The summed E-state index contributed by atoms with van der Waals surface area (Å²) in [5.74, 6) is -2.59. The molecule has 2 aromatic rings. The van der Waals surface area contributed by atoms with E-state index in [1.54, 1.807) is 0 Å². The molecule has 0 aliphatic carbocycles. The normalized spacial score (nSPS) is 21.0. The van der Waals surface area contributed by atoms with Crippen LogP contribution in [0.3, 0.4) is 0 Å². The second kappa shape index (κ2) is 9.21. The number of aromatic nitrogens is 5. The van der Waals surface area contributed by atoms with E-state index in [2.05, 4.69) is 36.1 Å². The molecule has 17 heteroatoms.